The third kappa shape index (κ3) is 6.25. The average molecular weight is 364 g/mol. The van der Waals surface area contributed by atoms with Crippen molar-refractivity contribution in [2.45, 2.75) is 39.2 Å². The average Bonchev–Trinajstić information content (AvgIpc) is 2.31. The van der Waals surface area contributed by atoms with Gasteiger partial charge in [-0.3, -0.25) is 4.79 Å². The molecular weight excluding hydrogens is 340 g/mol. The van der Waals surface area contributed by atoms with E-state index in [0.29, 0.717) is 18.9 Å². The van der Waals surface area contributed by atoms with Gasteiger partial charge in [0.25, 0.3) is 0 Å². The first-order valence-electron chi connectivity index (χ1n) is 6.61. The zero-order valence-electron chi connectivity index (χ0n) is 12.3. The molecular formula is C15H24BrClN2O. The van der Waals surface area contributed by atoms with Gasteiger partial charge in [0.1, 0.15) is 0 Å². The minimum Gasteiger partial charge on any atom is -0.349 e. The third-order valence-corrected chi connectivity index (χ3v) is 3.83. The highest BCUT2D eigenvalue weighted by atomic mass is 79.9. The fraction of sp³-hybridized carbons (Fsp3) is 0.533. The largest absolute Gasteiger partial charge is 0.349 e. The van der Waals surface area contributed by atoms with Crippen LogP contribution in [0, 0.1) is 5.92 Å². The van der Waals surface area contributed by atoms with Gasteiger partial charge < -0.3 is 11.1 Å². The second-order valence-corrected chi connectivity index (χ2v) is 6.53. The predicted molar refractivity (Wildman–Crippen MR) is 90.2 cm³/mol. The number of carbonyl (C=O) groups excluding carboxylic acids is 1. The monoisotopic (exact) mass is 362 g/mol. The standard InChI is InChI=1S/C15H23BrN2O.ClH/c1-11(2)9-15(3,10-17)18-14(19)8-12-6-4-5-7-13(12)16;/h4-7,11H,8-10,17H2,1-3H3,(H,18,19);1H. The summed E-state index contributed by atoms with van der Waals surface area (Å²) < 4.78 is 0.962. The van der Waals surface area contributed by atoms with Crippen molar-refractivity contribution >= 4 is 34.2 Å². The molecule has 1 amide bonds. The maximum Gasteiger partial charge on any atom is 0.224 e. The molecule has 0 saturated heterocycles. The molecule has 0 aliphatic heterocycles. The summed E-state index contributed by atoms with van der Waals surface area (Å²) in [4.78, 5) is 12.1. The van der Waals surface area contributed by atoms with Gasteiger partial charge in [-0.1, -0.05) is 48.0 Å². The van der Waals surface area contributed by atoms with Crippen molar-refractivity contribution < 1.29 is 4.79 Å². The minimum atomic E-state index is -0.327. The van der Waals surface area contributed by atoms with Crippen molar-refractivity contribution in [3.05, 3.63) is 34.3 Å². The van der Waals surface area contributed by atoms with Gasteiger partial charge in [0.15, 0.2) is 0 Å². The molecule has 0 aliphatic rings. The van der Waals surface area contributed by atoms with Gasteiger partial charge in [-0.15, -0.1) is 12.4 Å². The Kier molecular flexibility index (Phi) is 8.40. The molecule has 1 rings (SSSR count). The summed E-state index contributed by atoms with van der Waals surface area (Å²) >= 11 is 3.46. The molecule has 0 heterocycles. The van der Waals surface area contributed by atoms with Crippen LogP contribution in [0.4, 0.5) is 0 Å². The van der Waals surface area contributed by atoms with E-state index in [9.17, 15) is 4.79 Å². The van der Waals surface area contributed by atoms with Crippen molar-refractivity contribution in [2.75, 3.05) is 6.54 Å². The van der Waals surface area contributed by atoms with Crippen LogP contribution in [0.2, 0.25) is 0 Å². The van der Waals surface area contributed by atoms with E-state index in [2.05, 4.69) is 35.1 Å². The van der Waals surface area contributed by atoms with E-state index in [1.807, 2.05) is 31.2 Å². The number of nitrogens with two attached hydrogens (primary N) is 1. The molecule has 1 aromatic rings. The fourth-order valence-electron chi connectivity index (χ4n) is 2.28. The summed E-state index contributed by atoms with van der Waals surface area (Å²) in [6.07, 6.45) is 1.25. The Bertz CT molecular complexity index is 440. The second-order valence-electron chi connectivity index (χ2n) is 5.68. The summed E-state index contributed by atoms with van der Waals surface area (Å²) in [6.45, 7) is 6.72. The Labute approximate surface area is 136 Å². The maximum atomic E-state index is 12.1. The summed E-state index contributed by atoms with van der Waals surface area (Å²) in [5.74, 6) is 0.512. The number of amides is 1. The molecule has 0 saturated carbocycles. The number of benzene rings is 1. The van der Waals surface area contributed by atoms with Crippen LogP contribution in [-0.2, 0) is 11.2 Å². The van der Waals surface area contributed by atoms with E-state index < -0.39 is 0 Å². The minimum absolute atomic E-state index is 0. The van der Waals surface area contributed by atoms with Crippen molar-refractivity contribution in [2.24, 2.45) is 11.7 Å². The van der Waals surface area contributed by atoms with Gasteiger partial charge in [-0.25, -0.2) is 0 Å². The SMILES string of the molecule is CC(C)CC(C)(CN)NC(=O)Cc1ccccc1Br.Cl. The van der Waals surface area contributed by atoms with Crippen LogP contribution in [-0.4, -0.2) is 18.0 Å². The second kappa shape index (κ2) is 8.65. The predicted octanol–water partition coefficient (Wildman–Crippen LogP) is 3.29. The molecule has 20 heavy (non-hydrogen) atoms. The van der Waals surface area contributed by atoms with Gasteiger partial charge >= 0.3 is 0 Å². The molecule has 1 aromatic carbocycles. The quantitative estimate of drug-likeness (QED) is 0.815. The first-order chi connectivity index (χ1) is 8.86. The van der Waals surface area contributed by atoms with Gasteiger partial charge in [0, 0.05) is 16.6 Å². The van der Waals surface area contributed by atoms with Crippen LogP contribution in [0.25, 0.3) is 0 Å². The fourth-order valence-corrected chi connectivity index (χ4v) is 2.71. The molecule has 0 aromatic heterocycles. The highest BCUT2D eigenvalue weighted by Gasteiger charge is 2.25. The molecule has 5 heteroatoms. The molecule has 0 fully saturated rings. The first kappa shape index (κ1) is 19.4. The number of halogens is 2. The molecule has 0 aliphatic carbocycles. The summed E-state index contributed by atoms with van der Waals surface area (Å²) in [6, 6.07) is 7.77. The third-order valence-electron chi connectivity index (χ3n) is 3.06. The van der Waals surface area contributed by atoms with Crippen molar-refractivity contribution in [3.8, 4) is 0 Å². The Morgan fingerprint density at radius 1 is 1.40 bits per heavy atom. The maximum absolute atomic E-state index is 12.1. The highest BCUT2D eigenvalue weighted by molar-refractivity contribution is 9.10. The topological polar surface area (TPSA) is 55.1 Å². The van der Waals surface area contributed by atoms with Crippen molar-refractivity contribution in [1.29, 1.82) is 0 Å². The molecule has 0 radical (unpaired) electrons. The van der Waals surface area contributed by atoms with E-state index in [-0.39, 0.29) is 23.9 Å². The first-order valence-corrected chi connectivity index (χ1v) is 7.40. The van der Waals surface area contributed by atoms with Crippen molar-refractivity contribution in [1.82, 2.24) is 5.32 Å². The van der Waals surface area contributed by atoms with Gasteiger partial charge in [-0.05, 0) is 30.9 Å². The number of carbonyl (C=O) groups is 1. The van der Waals surface area contributed by atoms with E-state index in [1.54, 1.807) is 0 Å². The van der Waals surface area contributed by atoms with E-state index in [1.165, 1.54) is 0 Å². The lowest BCUT2D eigenvalue weighted by Crippen LogP contribution is -2.52. The Morgan fingerprint density at radius 2 is 2.00 bits per heavy atom. The van der Waals surface area contributed by atoms with Crippen LogP contribution in [0.15, 0.2) is 28.7 Å². The lowest BCUT2D eigenvalue weighted by atomic mass is 9.90. The Balaban J connectivity index is 0.00000361. The number of hydrogen-bond donors (Lipinski definition) is 2. The molecule has 114 valence electrons. The van der Waals surface area contributed by atoms with E-state index in [0.717, 1.165) is 16.5 Å². The van der Waals surface area contributed by atoms with Gasteiger partial charge in [0.05, 0.1) is 6.42 Å². The van der Waals surface area contributed by atoms with Crippen LogP contribution in [0.5, 0.6) is 0 Å². The van der Waals surface area contributed by atoms with Crippen LogP contribution in [0.3, 0.4) is 0 Å². The molecule has 0 spiro atoms. The number of hydrogen-bond acceptors (Lipinski definition) is 2. The lowest BCUT2D eigenvalue weighted by Gasteiger charge is -2.31. The van der Waals surface area contributed by atoms with E-state index >= 15 is 0 Å². The number of nitrogens with one attached hydrogen (secondary N) is 1. The molecule has 3 nitrogen and oxygen atoms in total. The van der Waals surface area contributed by atoms with Crippen LogP contribution in [0.1, 0.15) is 32.8 Å². The summed E-state index contributed by atoms with van der Waals surface area (Å²) in [5.41, 5.74) is 6.47. The summed E-state index contributed by atoms with van der Waals surface area (Å²) in [5, 5.41) is 3.07. The molecule has 1 atom stereocenters. The van der Waals surface area contributed by atoms with Crippen LogP contribution < -0.4 is 11.1 Å². The smallest absolute Gasteiger partial charge is 0.224 e. The molecule has 1 unspecified atom stereocenters. The zero-order valence-corrected chi connectivity index (χ0v) is 14.7. The lowest BCUT2D eigenvalue weighted by molar-refractivity contribution is -0.122. The van der Waals surface area contributed by atoms with Gasteiger partial charge in [0.2, 0.25) is 5.91 Å². The van der Waals surface area contributed by atoms with Crippen molar-refractivity contribution in [3.63, 3.8) is 0 Å². The Hall–Kier alpha value is -0.580. The van der Waals surface area contributed by atoms with E-state index in [4.69, 9.17) is 5.73 Å². The summed E-state index contributed by atoms with van der Waals surface area (Å²) in [7, 11) is 0. The normalized spacial score (nSPS) is 13.5. The Morgan fingerprint density at radius 3 is 2.50 bits per heavy atom. The van der Waals surface area contributed by atoms with Crippen LogP contribution >= 0.6 is 28.3 Å². The zero-order chi connectivity index (χ0) is 14.5. The number of rotatable bonds is 6. The molecule has 0 bridgehead atoms. The highest BCUT2D eigenvalue weighted by Crippen LogP contribution is 2.18. The molecule has 3 N–H and O–H groups in total. The van der Waals surface area contributed by atoms with Gasteiger partial charge in [-0.2, -0.15) is 0 Å².